The number of nitrogens with zero attached hydrogens (tertiary/aromatic N) is 2. The van der Waals surface area contributed by atoms with Crippen LogP contribution < -0.4 is 10.6 Å². The molecule has 6 nitrogen and oxygen atoms in total. The van der Waals surface area contributed by atoms with E-state index in [0.29, 0.717) is 22.8 Å². The maximum absolute atomic E-state index is 12.9. The number of anilines is 1. The van der Waals surface area contributed by atoms with Crippen molar-refractivity contribution in [3.63, 3.8) is 0 Å². The Morgan fingerprint density at radius 3 is 2.28 bits per heavy atom. The number of aromatic amines is 1. The molecule has 25 heavy (non-hydrogen) atoms. The van der Waals surface area contributed by atoms with Gasteiger partial charge in [0, 0.05) is 23.9 Å². The molecule has 126 valence electrons. The SMILES string of the molecule is Cc1nc(-c2ccc(C(N)=O)cc2)c(C(=O)N(C)c2ccccc2)[nH]1. The van der Waals surface area contributed by atoms with Crippen LogP contribution in [0.1, 0.15) is 26.7 Å². The molecule has 2 amide bonds. The Kier molecular flexibility index (Phi) is 4.35. The zero-order valence-electron chi connectivity index (χ0n) is 14.0. The topological polar surface area (TPSA) is 92.1 Å². The van der Waals surface area contributed by atoms with Crippen molar-refractivity contribution in [3.8, 4) is 11.3 Å². The third-order valence-electron chi connectivity index (χ3n) is 3.93. The lowest BCUT2D eigenvalue weighted by Gasteiger charge is -2.17. The van der Waals surface area contributed by atoms with Crippen LogP contribution in [-0.4, -0.2) is 28.8 Å². The predicted octanol–water partition coefficient (Wildman–Crippen LogP) is 2.76. The highest BCUT2D eigenvalue weighted by molar-refractivity contribution is 6.08. The highest BCUT2D eigenvalue weighted by atomic mass is 16.2. The molecule has 0 aliphatic carbocycles. The normalized spacial score (nSPS) is 10.5. The number of hydrogen-bond acceptors (Lipinski definition) is 3. The number of aryl methyl sites for hydroxylation is 1. The predicted molar refractivity (Wildman–Crippen MR) is 96.5 cm³/mol. The van der Waals surface area contributed by atoms with E-state index in [-0.39, 0.29) is 5.91 Å². The first-order valence-electron chi connectivity index (χ1n) is 7.77. The van der Waals surface area contributed by atoms with Crippen LogP contribution in [-0.2, 0) is 0 Å². The molecule has 1 heterocycles. The molecule has 3 aromatic rings. The van der Waals surface area contributed by atoms with Crippen molar-refractivity contribution in [3.05, 3.63) is 71.7 Å². The van der Waals surface area contributed by atoms with E-state index in [1.165, 1.54) is 0 Å². The summed E-state index contributed by atoms with van der Waals surface area (Å²) >= 11 is 0. The van der Waals surface area contributed by atoms with E-state index in [2.05, 4.69) is 9.97 Å². The molecule has 0 saturated heterocycles. The van der Waals surface area contributed by atoms with Crippen LogP contribution >= 0.6 is 0 Å². The molecular weight excluding hydrogens is 316 g/mol. The van der Waals surface area contributed by atoms with Gasteiger partial charge >= 0.3 is 0 Å². The number of nitrogens with two attached hydrogens (primary N) is 1. The Morgan fingerprint density at radius 2 is 1.68 bits per heavy atom. The van der Waals surface area contributed by atoms with Gasteiger partial charge in [0.2, 0.25) is 5.91 Å². The summed E-state index contributed by atoms with van der Waals surface area (Å²) in [4.78, 5) is 33.2. The maximum atomic E-state index is 12.9. The Labute approximate surface area is 145 Å². The third-order valence-corrected chi connectivity index (χ3v) is 3.93. The second-order valence-electron chi connectivity index (χ2n) is 5.69. The fourth-order valence-corrected chi connectivity index (χ4v) is 2.58. The minimum atomic E-state index is -0.495. The summed E-state index contributed by atoms with van der Waals surface area (Å²) in [5, 5.41) is 0. The first kappa shape index (κ1) is 16.4. The summed E-state index contributed by atoms with van der Waals surface area (Å²) in [6.45, 7) is 1.79. The van der Waals surface area contributed by atoms with Gasteiger partial charge in [0.25, 0.3) is 5.91 Å². The Hall–Kier alpha value is -3.41. The number of amides is 2. The quantitative estimate of drug-likeness (QED) is 0.768. The Balaban J connectivity index is 1.98. The summed E-state index contributed by atoms with van der Waals surface area (Å²) < 4.78 is 0. The first-order chi connectivity index (χ1) is 12.0. The number of carbonyl (C=O) groups excluding carboxylic acids is 2. The maximum Gasteiger partial charge on any atom is 0.276 e. The number of H-pyrrole nitrogens is 1. The summed E-state index contributed by atoms with van der Waals surface area (Å²) in [5.41, 5.74) is 8.14. The molecule has 3 N–H and O–H groups in total. The number of hydrogen-bond donors (Lipinski definition) is 2. The summed E-state index contributed by atoms with van der Waals surface area (Å²) in [6.07, 6.45) is 0. The molecular formula is C19H18N4O2. The van der Waals surface area contributed by atoms with Gasteiger partial charge in [-0.05, 0) is 31.2 Å². The van der Waals surface area contributed by atoms with E-state index in [4.69, 9.17) is 5.73 Å². The van der Waals surface area contributed by atoms with E-state index < -0.39 is 5.91 Å². The second kappa shape index (κ2) is 6.60. The average molecular weight is 334 g/mol. The summed E-state index contributed by atoms with van der Waals surface area (Å²) in [6, 6.07) is 16.1. The number of imidazole rings is 1. The molecule has 1 aromatic heterocycles. The van der Waals surface area contributed by atoms with Crippen molar-refractivity contribution in [2.45, 2.75) is 6.92 Å². The Bertz CT molecular complexity index is 914. The molecule has 0 bridgehead atoms. The molecule has 0 saturated carbocycles. The highest BCUT2D eigenvalue weighted by Crippen LogP contribution is 2.24. The van der Waals surface area contributed by atoms with Crippen LogP contribution in [0.5, 0.6) is 0 Å². The van der Waals surface area contributed by atoms with Gasteiger partial charge < -0.3 is 15.6 Å². The lowest BCUT2D eigenvalue weighted by atomic mass is 10.1. The number of carbonyl (C=O) groups is 2. The van der Waals surface area contributed by atoms with Crippen LogP contribution in [0.4, 0.5) is 5.69 Å². The standard InChI is InChI=1S/C19H18N4O2/c1-12-21-16(13-8-10-14(11-9-13)18(20)24)17(22-12)19(25)23(2)15-6-4-3-5-7-15/h3-11H,1-2H3,(H2,20,24)(H,21,22). The van der Waals surface area contributed by atoms with E-state index in [1.54, 1.807) is 43.1 Å². The molecule has 0 spiro atoms. The lowest BCUT2D eigenvalue weighted by Crippen LogP contribution is -2.27. The van der Waals surface area contributed by atoms with Crippen molar-refractivity contribution in [2.75, 3.05) is 11.9 Å². The van der Waals surface area contributed by atoms with Crippen LogP contribution in [0.2, 0.25) is 0 Å². The fourth-order valence-electron chi connectivity index (χ4n) is 2.58. The minimum Gasteiger partial charge on any atom is -0.366 e. The van der Waals surface area contributed by atoms with E-state index in [0.717, 1.165) is 11.3 Å². The van der Waals surface area contributed by atoms with Crippen LogP contribution in [0, 0.1) is 6.92 Å². The first-order valence-corrected chi connectivity index (χ1v) is 7.77. The second-order valence-corrected chi connectivity index (χ2v) is 5.69. The molecule has 3 rings (SSSR count). The molecule has 6 heteroatoms. The van der Waals surface area contributed by atoms with Gasteiger partial charge in [-0.2, -0.15) is 0 Å². The van der Waals surface area contributed by atoms with E-state index in [1.807, 2.05) is 30.3 Å². The summed E-state index contributed by atoms with van der Waals surface area (Å²) in [5.74, 6) is -0.0514. The number of benzene rings is 2. The number of aromatic nitrogens is 2. The monoisotopic (exact) mass is 334 g/mol. The number of para-hydroxylation sites is 1. The average Bonchev–Trinajstić information content (AvgIpc) is 3.03. The van der Waals surface area contributed by atoms with Gasteiger partial charge in [-0.15, -0.1) is 0 Å². The zero-order valence-corrected chi connectivity index (χ0v) is 14.0. The summed E-state index contributed by atoms with van der Waals surface area (Å²) in [7, 11) is 1.72. The van der Waals surface area contributed by atoms with Gasteiger partial charge in [-0.1, -0.05) is 30.3 Å². The molecule has 0 aliphatic rings. The number of primary amides is 1. The molecule has 0 radical (unpaired) electrons. The van der Waals surface area contributed by atoms with Crippen LogP contribution in [0.15, 0.2) is 54.6 Å². The van der Waals surface area contributed by atoms with Crippen molar-refractivity contribution >= 4 is 17.5 Å². The van der Waals surface area contributed by atoms with Gasteiger partial charge in [-0.25, -0.2) is 4.98 Å². The largest absolute Gasteiger partial charge is 0.366 e. The van der Waals surface area contributed by atoms with Crippen LogP contribution in [0.3, 0.4) is 0 Å². The van der Waals surface area contributed by atoms with Crippen molar-refractivity contribution in [1.29, 1.82) is 0 Å². The van der Waals surface area contributed by atoms with Crippen molar-refractivity contribution in [1.82, 2.24) is 9.97 Å². The van der Waals surface area contributed by atoms with Gasteiger partial charge in [0.15, 0.2) is 0 Å². The number of rotatable bonds is 4. The lowest BCUT2D eigenvalue weighted by molar-refractivity contribution is 0.0985. The molecule has 0 fully saturated rings. The smallest absolute Gasteiger partial charge is 0.276 e. The molecule has 0 aliphatic heterocycles. The van der Waals surface area contributed by atoms with E-state index >= 15 is 0 Å². The number of nitrogens with one attached hydrogen (secondary N) is 1. The van der Waals surface area contributed by atoms with Crippen molar-refractivity contribution < 1.29 is 9.59 Å². The third kappa shape index (κ3) is 3.28. The van der Waals surface area contributed by atoms with E-state index in [9.17, 15) is 9.59 Å². The Morgan fingerprint density at radius 1 is 1.04 bits per heavy atom. The minimum absolute atomic E-state index is 0.194. The molecule has 0 atom stereocenters. The van der Waals surface area contributed by atoms with Gasteiger partial charge in [0.05, 0.1) is 0 Å². The van der Waals surface area contributed by atoms with Crippen molar-refractivity contribution in [2.24, 2.45) is 5.73 Å². The van der Waals surface area contributed by atoms with Crippen LogP contribution in [0.25, 0.3) is 11.3 Å². The van der Waals surface area contributed by atoms with Gasteiger partial charge in [-0.3, -0.25) is 9.59 Å². The van der Waals surface area contributed by atoms with Gasteiger partial charge in [0.1, 0.15) is 17.2 Å². The zero-order chi connectivity index (χ0) is 18.0. The fraction of sp³-hybridized carbons (Fsp3) is 0.105. The highest BCUT2D eigenvalue weighted by Gasteiger charge is 2.21. The molecule has 0 unspecified atom stereocenters. The molecule has 2 aromatic carbocycles.